The highest BCUT2D eigenvalue weighted by atomic mass is 16.5. The molecule has 0 saturated heterocycles. The van der Waals surface area contributed by atoms with Crippen molar-refractivity contribution in [2.24, 2.45) is 4.99 Å². The Morgan fingerprint density at radius 3 is 2.67 bits per heavy atom. The van der Waals surface area contributed by atoms with E-state index in [-0.39, 0.29) is 6.10 Å². The van der Waals surface area contributed by atoms with Crippen molar-refractivity contribution in [1.82, 2.24) is 10.6 Å². The topological polar surface area (TPSA) is 54.9 Å². The number of nitrogens with zero attached hydrogens (tertiary/aromatic N) is 1. The zero-order valence-electron chi connectivity index (χ0n) is 15.6. The predicted molar refractivity (Wildman–Crippen MR) is 100 cm³/mol. The minimum Gasteiger partial charge on any atom is -0.382 e. The van der Waals surface area contributed by atoms with E-state index in [0.717, 1.165) is 38.7 Å². The van der Waals surface area contributed by atoms with E-state index in [1.54, 1.807) is 0 Å². The van der Waals surface area contributed by atoms with E-state index in [1.807, 2.05) is 20.8 Å². The normalized spacial score (nSPS) is 11.8. The van der Waals surface area contributed by atoms with Gasteiger partial charge in [0.05, 0.1) is 19.3 Å². The van der Waals surface area contributed by atoms with Crippen LogP contribution >= 0.6 is 0 Å². The smallest absolute Gasteiger partial charge is 0.191 e. The molecule has 0 aliphatic heterocycles. The van der Waals surface area contributed by atoms with Crippen LogP contribution in [0.25, 0.3) is 0 Å². The quantitative estimate of drug-likeness (QED) is 0.371. The molecular weight excluding hydrogens is 302 g/mol. The number of ether oxygens (including phenoxy) is 2. The second kappa shape index (κ2) is 12.8. The molecule has 1 aromatic rings. The van der Waals surface area contributed by atoms with Gasteiger partial charge in [0, 0.05) is 26.3 Å². The Morgan fingerprint density at radius 2 is 1.96 bits per heavy atom. The lowest BCUT2D eigenvalue weighted by Gasteiger charge is -2.12. The molecule has 0 fully saturated rings. The second-order valence-corrected chi connectivity index (χ2v) is 5.85. The van der Waals surface area contributed by atoms with E-state index in [4.69, 9.17) is 9.47 Å². The minimum absolute atomic E-state index is 0.243. The summed E-state index contributed by atoms with van der Waals surface area (Å²) in [5.41, 5.74) is 2.37. The molecule has 1 rings (SSSR count). The highest BCUT2D eigenvalue weighted by Gasteiger charge is 2.00. The summed E-state index contributed by atoms with van der Waals surface area (Å²) in [6.45, 7) is 12.7. The number of guanidine groups is 1. The SMILES string of the molecule is CCNC(=NCc1cccc(COC(C)C)c1)NCCCOCC. The van der Waals surface area contributed by atoms with Crippen LogP contribution in [0.1, 0.15) is 45.2 Å². The average Bonchev–Trinajstić information content (AvgIpc) is 2.58. The largest absolute Gasteiger partial charge is 0.382 e. The summed E-state index contributed by atoms with van der Waals surface area (Å²) in [6, 6.07) is 8.41. The Hall–Kier alpha value is -1.59. The molecule has 1 aromatic carbocycles. The summed E-state index contributed by atoms with van der Waals surface area (Å²) in [5.74, 6) is 0.845. The molecule has 5 nitrogen and oxygen atoms in total. The maximum atomic E-state index is 5.66. The van der Waals surface area contributed by atoms with Crippen LogP contribution in [0.15, 0.2) is 29.3 Å². The van der Waals surface area contributed by atoms with Crippen molar-refractivity contribution in [3.05, 3.63) is 35.4 Å². The summed E-state index contributed by atoms with van der Waals surface area (Å²) >= 11 is 0. The Morgan fingerprint density at radius 1 is 1.17 bits per heavy atom. The lowest BCUT2D eigenvalue weighted by atomic mass is 10.1. The Labute approximate surface area is 146 Å². The van der Waals surface area contributed by atoms with Gasteiger partial charge in [-0.1, -0.05) is 24.3 Å². The van der Waals surface area contributed by atoms with Crippen LogP contribution in [0.5, 0.6) is 0 Å². The highest BCUT2D eigenvalue weighted by Crippen LogP contribution is 2.09. The summed E-state index contributed by atoms with van der Waals surface area (Å²) < 4.78 is 11.0. The fraction of sp³-hybridized carbons (Fsp3) is 0.632. The van der Waals surface area contributed by atoms with Gasteiger partial charge in [-0.2, -0.15) is 0 Å². The van der Waals surface area contributed by atoms with Gasteiger partial charge < -0.3 is 20.1 Å². The molecular formula is C19H33N3O2. The van der Waals surface area contributed by atoms with E-state index in [1.165, 1.54) is 11.1 Å². The first-order valence-corrected chi connectivity index (χ1v) is 8.95. The molecule has 0 aliphatic rings. The molecule has 0 spiro atoms. The van der Waals surface area contributed by atoms with E-state index >= 15 is 0 Å². The molecule has 0 heterocycles. The van der Waals surface area contributed by atoms with Crippen molar-refractivity contribution >= 4 is 5.96 Å². The molecule has 0 amide bonds. The molecule has 0 aromatic heterocycles. The van der Waals surface area contributed by atoms with Crippen LogP contribution in [0.4, 0.5) is 0 Å². The number of aliphatic imine (C=N–C) groups is 1. The first-order valence-electron chi connectivity index (χ1n) is 8.95. The third-order valence-electron chi connectivity index (χ3n) is 3.30. The monoisotopic (exact) mass is 335 g/mol. The van der Waals surface area contributed by atoms with E-state index < -0.39 is 0 Å². The van der Waals surface area contributed by atoms with Crippen LogP contribution < -0.4 is 10.6 Å². The standard InChI is InChI=1S/C19H33N3O2/c1-5-20-19(21-11-8-12-23-6-2)22-14-17-9-7-10-18(13-17)15-24-16(3)4/h7,9-10,13,16H,5-6,8,11-12,14-15H2,1-4H3,(H2,20,21,22). The molecule has 0 atom stereocenters. The number of hydrogen-bond donors (Lipinski definition) is 2. The van der Waals surface area contributed by atoms with Crippen molar-refractivity contribution in [2.45, 2.75) is 53.4 Å². The number of rotatable bonds is 11. The molecule has 0 aliphatic carbocycles. The van der Waals surface area contributed by atoms with E-state index in [0.29, 0.717) is 13.2 Å². The fourth-order valence-corrected chi connectivity index (χ4v) is 2.12. The molecule has 136 valence electrons. The van der Waals surface area contributed by atoms with Gasteiger partial charge in [0.2, 0.25) is 0 Å². The third-order valence-corrected chi connectivity index (χ3v) is 3.30. The molecule has 5 heteroatoms. The van der Waals surface area contributed by atoms with Crippen molar-refractivity contribution in [3.63, 3.8) is 0 Å². The van der Waals surface area contributed by atoms with Gasteiger partial charge in [0.15, 0.2) is 5.96 Å². The molecule has 24 heavy (non-hydrogen) atoms. The molecule has 2 N–H and O–H groups in total. The predicted octanol–water partition coefficient (Wildman–Crippen LogP) is 3.09. The summed E-state index contributed by atoms with van der Waals surface area (Å²) in [6.07, 6.45) is 1.22. The number of benzene rings is 1. The second-order valence-electron chi connectivity index (χ2n) is 5.85. The van der Waals surface area contributed by atoms with Gasteiger partial charge in [0.25, 0.3) is 0 Å². The maximum absolute atomic E-state index is 5.66. The lowest BCUT2D eigenvalue weighted by Crippen LogP contribution is -2.38. The maximum Gasteiger partial charge on any atom is 0.191 e. The number of hydrogen-bond acceptors (Lipinski definition) is 3. The van der Waals surface area contributed by atoms with Crippen molar-refractivity contribution < 1.29 is 9.47 Å². The van der Waals surface area contributed by atoms with Crippen molar-refractivity contribution in [2.75, 3.05) is 26.3 Å². The zero-order valence-corrected chi connectivity index (χ0v) is 15.6. The van der Waals surface area contributed by atoms with Crippen LogP contribution in [-0.2, 0) is 22.6 Å². The Balaban J connectivity index is 2.50. The van der Waals surface area contributed by atoms with Crippen LogP contribution in [0.3, 0.4) is 0 Å². The lowest BCUT2D eigenvalue weighted by molar-refractivity contribution is 0.0657. The zero-order chi connectivity index (χ0) is 17.6. The fourth-order valence-electron chi connectivity index (χ4n) is 2.12. The van der Waals surface area contributed by atoms with Crippen LogP contribution in [0, 0.1) is 0 Å². The molecule has 0 bridgehead atoms. The van der Waals surface area contributed by atoms with E-state index in [9.17, 15) is 0 Å². The van der Waals surface area contributed by atoms with Gasteiger partial charge >= 0.3 is 0 Å². The Bertz CT molecular complexity index is 475. The van der Waals surface area contributed by atoms with Gasteiger partial charge in [-0.15, -0.1) is 0 Å². The first-order chi connectivity index (χ1) is 11.7. The van der Waals surface area contributed by atoms with Gasteiger partial charge in [-0.25, -0.2) is 4.99 Å². The van der Waals surface area contributed by atoms with Gasteiger partial charge in [0.1, 0.15) is 0 Å². The third kappa shape index (κ3) is 9.53. The Kier molecular flexibility index (Phi) is 10.9. The van der Waals surface area contributed by atoms with Crippen LogP contribution in [0.2, 0.25) is 0 Å². The van der Waals surface area contributed by atoms with Crippen LogP contribution in [-0.4, -0.2) is 38.4 Å². The van der Waals surface area contributed by atoms with E-state index in [2.05, 4.69) is 46.8 Å². The number of nitrogens with one attached hydrogen (secondary N) is 2. The summed E-state index contributed by atoms with van der Waals surface area (Å²) in [7, 11) is 0. The first kappa shape index (κ1) is 20.5. The average molecular weight is 335 g/mol. The van der Waals surface area contributed by atoms with Crippen molar-refractivity contribution in [1.29, 1.82) is 0 Å². The molecule has 0 unspecified atom stereocenters. The molecule has 0 saturated carbocycles. The summed E-state index contributed by atoms with van der Waals surface area (Å²) in [5, 5.41) is 6.61. The molecule has 0 radical (unpaired) electrons. The van der Waals surface area contributed by atoms with Gasteiger partial charge in [-0.05, 0) is 45.2 Å². The van der Waals surface area contributed by atoms with Crippen molar-refractivity contribution in [3.8, 4) is 0 Å². The van der Waals surface area contributed by atoms with Gasteiger partial charge in [-0.3, -0.25) is 0 Å². The minimum atomic E-state index is 0.243. The highest BCUT2D eigenvalue weighted by molar-refractivity contribution is 5.79. The summed E-state index contributed by atoms with van der Waals surface area (Å²) in [4.78, 5) is 4.65.